The van der Waals surface area contributed by atoms with E-state index >= 15 is 0 Å². The number of carbonyl (C=O) groups is 1. The van der Waals surface area contributed by atoms with Crippen molar-refractivity contribution < 1.29 is 9.90 Å². The summed E-state index contributed by atoms with van der Waals surface area (Å²) in [5.74, 6) is -0.467. The van der Waals surface area contributed by atoms with Gasteiger partial charge in [-0.1, -0.05) is 17.7 Å². The van der Waals surface area contributed by atoms with E-state index in [1.54, 1.807) is 25.3 Å². The molecule has 8 nitrogen and oxygen atoms in total. The molecule has 0 bridgehead atoms. The van der Waals surface area contributed by atoms with Crippen molar-refractivity contribution in [3.63, 3.8) is 0 Å². The van der Waals surface area contributed by atoms with Gasteiger partial charge in [0.05, 0.1) is 17.3 Å². The lowest BCUT2D eigenvalue weighted by Gasteiger charge is -2.33. The van der Waals surface area contributed by atoms with E-state index in [1.807, 2.05) is 13.0 Å². The number of nitrogens with one attached hydrogen (secondary N) is 1. The molecule has 3 aromatic rings. The molecule has 1 aliphatic heterocycles. The van der Waals surface area contributed by atoms with Crippen LogP contribution in [0, 0.1) is 6.92 Å². The van der Waals surface area contributed by atoms with Gasteiger partial charge in [-0.3, -0.25) is 9.20 Å². The molecule has 4 rings (SSSR count). The van der Waals surface area contributed by atoms with Gasteiger partial charge in [-0.05, 0) is 38.5 Å². The Morgan fingerprint density at radius 3 is 2.69 bits per heavy atom. The van der Waals surface area contributed by atoms with Crippen molar-refractivity contribution in [2.45, 2.75) is 26.3 Å². The Hall–Kier alpha value is -3.13. The third-order valence-electron chi connectivity index (χ3n) is 5.14. The molecular weight excluding hydrogens is 394 g/mol. The summed E-state index contributed by atoms with van der Waals surface area (Å²) in [5, 5.41) is 12.7. The number of carboxylic acid groups (broad SMARTS) is 1. The molecule has 0 spiro atoms. The van der Waals surface area contributed by atoms with Gasteiger partial charge in [0.1, 0.15) is 16.6 Å². The number of nitrogens with zero attached hydrogens (tertiary/aromatic N) is 4. The van der Waals surface area contributed by atoms with E-state index < -0.39 is 5.97 Å². The fourth-order valence-electron chi connectivity index (χ4n) is 3.46. The Balaban J connectivity index is 1.79. The number of carboxylic acids is 1. The summed E-state index contributed by atoms with van der Waals surface area (Å²) in [7, 11) is 0. The topological polar surface area (TPSA) is 99.8 Å². The monoisotopic (exact) mass is 413 g/mol. The summed E-state index contributed by atoms with van der Waals surface area (Å²) in [6, 6.07) is 6.44. The number of halogens is 1. The number of rotatable bonds is 5. The highest BCUT2D eigenvalue weighted by atomic mass is 35.5. The SMILES string of the molecule is Cc1c(N2CCC2)nc2c([C@@H](C)Nc3ccc(Cl)nc3C(=O)O)cccn2c1=O. The Kier molecular flexibility index (Phi) is 4.87. The molecule has 0 amide bonds. The van der Waals surface area contributed by atoms with Crippen molar-refractivity contribution in [1.82, 2.24) is 14.4 Å². The van der Waals surface area contributed by atoms with Crippen molar-refractivity contribution in [2.75, 3.05) is 23.3 Å². The summed E-state index contributed by atoms with van der Waals surface area (Å²) in [5.41, 5.74) is 2.02. The van der Waals surface area contributed by atoms with Crippen LogP contribution in [0.1, 0.15) is 41.0 Å². The van der Waals surface area contributed by atoms with Gasteiger partial charge in [-0.2, -0.15) is 0 Å². The molecule has 4 heterocycles. The maximum absolute atomic E-state index is 12.9. The van der Waals surface area contributed by atoms with Gasteiger partial charge in [-0.15, -0.1) is 0 Å². The normalized spacial score (nSPS) is 14.5. The van der Waals surface area contributed by atoms with Crippen molar-refractivity contribution in [2.24, 2.45) is 0 Å². The van der Waals surface area contributed by atoms with Gasteiger partial charge in [0, 0.05) is 24.8 Å². The van der Waals surface area contributed by atoms with E-state index in [4.69, 9.17) is 16.6 Å². The molecule has 0 unspecified atom stereocenters. The first-order valence-electron chi connectivity index (χ1n) is 9.30. The zero-order valence-corrected chi connectivity index (χ0v) is 16.8. The number of aromatic carboxylic acids is 1. The zero-order chi connectivity index (χ0) is 20.7. The third-order valence-corrected chi connectivity index (χ3v) is 5.35. The van der Waals surface area contributed by atoms with Crippen molar-refractivity contribution in [3.8, 4) is 0 Å². The second-order valence-corrected chi connectivity index (χ2v) is 7.45. The lowest BCUT2D eigenvalue weighted by molar-refractivity contribution is 0.0691. The molecule has 1 atom stereocenters. The maximum atomic E-state index is 12.9. The summed E-state index contributed by atoms with van der Waals surface area (Å²) < 4.78 is 1.53. The summed E-state index contributed by atoms with van der Waals surface area (Å²) >= 11 is 5.84. The third kappa shape index (κ3) is 3.40. The molecule has 150 valence electrons. The molecule has 0 saturated carbocycles. The predicted molar refractivity (Wildman–Crippen MR) is 111 cm³/mol. The van der Waals surface area contributed by atoms with Crippen LogP contribution in [0.15, 0.2) is 35.3 Å². The molecule has 1 saturated heterocycles. The number of aromatic nitrogens is 3. The standard InChI is InChI=1S/C20H20ClN5O3/c1-11-17(25-8-4-9-25)24-18-13(5-3-10-26(18)19(11)27)12(2)22-14-6-7-15(21)23-16(14)20(28)29/h3,5-7,10,12,22H,4,8-9H2,1-2H3,(H,28,29)/t12-/m1/s1. The number of hydrogen-bond donors (Lipinski definition) is 2. The van der Waals surface area contributed by atoms with E-state index in [1.165, 1.54) is 10.5 Å². The zero-order valence-electron chi connectivity index (χ0n) is 16.0. The van der Waals surface area contributed by atoms with Crippen LogP contribution in [0.25, 0.3) is 5.65 Å². The molecule has 0 aromatic carbocycles. The minimum atomic E-state index is -1.18. The molecule has 9 heteroatoms. The highest BCUT2D eigenvalue weighted by Crippen LogP contribution is 2.27. The van der Waals surface area contributed by atoms with Crippen LogP contribution >= 0.6 is 11.6 Å². The molecule has 0 radical (unpaired) electrons. The first-order chi connectivity index (χ1) is 13.9. The van der Waals surface area contributed by atoms with Gasteiger partial charge in [0.25, 0.3) is 5.56 Å². The van der Waals surface area contributed by atoms with Crippen LogP contribution in [0.4, 0.5) is 11.5 Å². The highest BCUT2D eigenvalue weighted by molar-refractivity contribution is 6.29. The largest absolute Gasteiger partial charge is 0.476 e. The maximum Gasteiger partial charge on any atom is 0.356 e. The average molecular weight is 414 g/mol. The molecular formula is C20H20ClN5O3. The fourth-order valence-corrected chi connectivity index (χ4v) is 3.61. The van der Waals surface area contributed by atoms with E-state index in [-0.39, 0.29) is 22.4 Å². The minimum Gasteiger partial charge on any atom is -0.476 e. The molecule has 1 aliphatic rings. The van der Waals surface area contributed by atoms with Gasteiger partial charge in [0.15, 0.2) is 5.69 Å². The average Bonchev–Trinajstić information content (AvgIpc) is 2.65. The van der Waals surface area contributed by atoms with E-state index in [9.17, 15) is 14.7 Å². The molecule has 29 heavy (non-hydrogen) atoms. The van der Waals surface area contributed by atoms with Gasteiger partial charge < -0.3 is 15.3 Å². The Bertz CT molecular complexity index is 1170. The fraction of sp³-hybridized carbons (Fsp3) is 0.300. The Morgan fingerprint density at radius 2 is 2.03 bits per heavy atom. The van der Waals surface area contributed by atoms with E-state index in [0.29, 0.717) is 22.7 Å². The first-order valence-corrected chi connectivity index (χ1v) is 9.68. The van der Waals surface area contributed by atoms with Crippen LogP contribution in [0.3, 0.4) is 0 Å². The molecule has 0 aliphatic carbocycles. The predicted octanol–water partition coefficient (Wildman–Crippen LogP) is 3.13. The first kappa shape index (κ1) is 19.2. The lowest BCUT2D eigenvalue weighted by Crippen LogP contribution is -2.39. The minimum absolute atomic E-state index is 0.105. The number of hydrogen-bond acceptors (Lipinski definition) is 6. The van der Waals surface area contributed by atoms with E-state index in [2.05, 4.69) is 15.2 Å². The van der Waals surface area contributed by atoms with Crippen LogP contribution < -0.4 is 15.8 Å². The quantitative estimate of drug-likeness (QED) is 0.620. The molecule has 1 fully saturated rings. The summed E-state index contributed by atoms with van der Waals surface area (Å²) in [6.07, 6.45) is 2.78. The smallest absolute Gasteiger partial charge is 0.356 e. The van der Waals surface area contributed by atoms with Crippen molar-refractivity contribution in [1.29, 1.82) is 0 Å². The number of pyridine rings is 2. The van der Waals surface area contributed by atoms with Crippen LogP contribution in [-0.2, 0) is 0 Å². The van der Waals surface area contributed by atoms with Gasteiger partial charge >= 0.3 is 5.97 Å². The van der Waals surface area contributed by atoms with Gasteiger partial charge in [0.2, 0.25) is 0 Å². The number of anilines is 2. The van der Waals surface area contributed by atoms with E-state index in [0.717, 1.165) is 25.1 Å². The van der Waals surface area contributed by atoms with Crippen LogP contribution in [0.2, 0.25) is 5.15 Å². The molecule has 3 aromatic heterocycles. The lowest BCUT2D eigenvalue weighted by atomic mass is 10.1. The summed E-state index contributed by atoms with van der Waals surface area (Å²) in [6.45, 7) is 5.45. The Labute approximate surface area is 171 Å². The Morgan fingerprint density at radius 1 is 1.28 bits per heavy atom. The second-order valence-electron chi connectivity index (χ2n) is 7.06. The number of fused-ring (bicyclic) bond motifs is 1. The van der Waals surface area contributed by atoms with Crippen LogP contribution in [0.5, 0.6) is 0 Å². The van der Waals surface area contributed by atoms with Crippen LogP contribution in [-0.4, -0.2) is 38.5 Å². The molecule has 2 N–H and O–H groups in total. The van der Waals surface area contributed by atoms with Gasteiger partial charge in [-0.25, -0.2) is 14.8 Å². The highest BCUT2D eigenvalue weighted by Gasteiger charge is 2.23. The summed E-state index contributed by atoms with van der Waals surface area (Å²) in [4.78, 5) is 35.2. The van der Waals surface area contributed by atoms with Crippen molar-refractivity contribution >= 4 is 34.7 Å². The second kappa shape index (κ2) is 7.36. The van der Waals surface area contributed by atoms with Crippen molar-refractivity contribution in [3.05, 3.63) is 62.8 Å².